The Labute approximate surface area is 91.2 Å². The summed E-state index contributed by atoms with van der Waals surface area (Å²) < 4.78 is 2.12. The van der Waals surface area contributed by atoms with Gasteiger partial charge in [0.2, 0.25) is 5.95 Å². The van der Waals surface area contributed by atoms with Gasteiger partial charge in [-0.05, 0) is 25.7 Å². The molecular formula is C12H19N3. The van der Waals surface area contributed by atoms with Crippen LogP contribution in [0.25, 0.3) is 0 Å². The summed E-state index contributed by atoms with van der Waals surface area (Å²) in [5, 5.41) is 3.49. The molecule has 1 aromatic rings. The van der Waals surface area contributed by atoms with Crippen molar-refractivity contribution in [1.29, 1.82) is 0 Å². The molecule has 1 aliphatic carbocycles. The number of hydrogen-bond acceptors (Lipinski definition) is 2. The molecule has 15 heavy (non-hydrogen) atoms. The van der Waals surface area contributed by atoms with Crippen LogP contribution in [0, 0.1) is 12.8 Å². The van der Waals surface area contributed by atoms with Crippen LogP contribution in [0.1, 0.15) is 25.5 Å². The van der Waals surface area contributed by atoms with Crippen molar-refractivity contribution in [2.24, 2.45) is 5.92 Å². The smallest absolute Gasteiger partial charge is 0.203 e. The number of aromatic nitrogens is 2. The lowest BCUT2D eigenvalue weighted by atomic mass is 9.82. The number of hydrogen-bond donors (Lipinski definition) is 1. The van der Waals surface area contributed by atoms with Gasteiger partial charge in [-0.1, -0.05) is 13.0 Å². The van der Waals surface area contributed by atoms with E-state index in [4.69, 9.17) is 0 Å². The molecule has 0 radical (unpaired) electrons. The average Bonchev–Trinajstić information content (AvgIpc) is 2.45. The van der Waals surface area contributed by atoms with Crippen molar-refractivity contribution in [1.82, 2.24) is 9.55 Å². The van der Waals surface area contributed by atoms with Gasteiger partial charge in [-0.15, -0.1) is 6.58 Å². The van der Waals surface area contributed by atoms with Crippen molar-refractivity contribution in [3.8, 4) is 0 Å². The monoisotopic (exact) mass is 205 g/mol. The van der Waals surface area contributed by atoms with Crippen molar-refractivity contribution in [2.45, 2.75) is 39.3 Å². The highest BCUT2D eigenvalue weighted by atomic mass is 15.2. The zero-order chi connectivity index (χ0) is 10.8. The summed E-state index contributed by atoms with van der Waals surface area (Å²) in [6, 6.07) is 0.616. The minimum atomic E-state index is 0.616. The molecule has 0 aromatic carbocycles. The van der Waals surface area contributed by atoms with E-state index in [2.05, 4.69) is 34.6 Å². The van der Waals surface area contributed by atoms with Crippen molar-refractivity contribution < 1.29 is 0 Å². The summed E-state index contributed by atoms with van der Waals surface area (Å²) in [5.74, 6) is 1.86. The van der Waals surface area contributed by atoms with Crippen molar-refractivity contribution in [3.05, 3.63) is 24.5 Å². The first-order valence-electron chi connectivity index (χ1n) is 5.60. The quantitative estimate of drug-likeness (QED) is 0.766. The molecule has 1 N–H and O–H groups in total. The van der Waals surface area contributed by atoms with Crippen LogP contribution in [0.5, 0.6) is 0 Å². The van der Waals surface area contributed by atoms with E-state index in [0.717, 1.165) is 24.1 Å². The van der Waals surface area contributed by atoms with Crippen LogP contribution in [0.15, 0.2) is 18.9 Å². The molecule has 0 amide bonds. The molecule has 3 heteroatoms. The Kier molecular flexibility index (Phi) is 2.80. The van der Waals surface area contributed by atoms with Crippen molar-refractivity contribution in [3.63, 3.8) is 0 Å². The highest BCUT2D eigenvalue weighted by molar-refractivity contribution is 5.31. The highest BCUT2D eigenvalue weighted by Crippen LogP contribution is 2.29. The maximum atomic E-state index is 4.48. The molecule has 0 unspecified atom stereocenters. The van der Waals surface area contributed by atoms with Crippen LogP contribution in [0.2, 0.25) is 0 Å². The van der Waals surface area contributed by atoms with E-state index in [1.54, 1.807) is 0 Å². The zero-order valence-electron chi connectivity index (χ0n) is 9.53. The highest BCUT2D eigenvalue weighted by Gasteiger charge is 2.26. The first-order valence-corrected chi connectivity index (χ1v) is 5.60. The van der Waals surface area contributed by atoms with E-state index in [9.17, 15) is 0 Å². The average molecular weight is 205 g/mol. The second-order valence-corrected chi connectivity index (χ2v) is 4.56. The third-order valence-corrected chi connectivity index (χ3v) is 2.93. The molecule has 0 atom stereocenters. The molecule has 0 aliphatic heterocycles. The van der Waals surface area contributed by atoms with E-state index in [0.29, 0.717) is 6.04 Å². The van der Waals surface area contributed by atoms with Gasteiger partial charge in [-0.3, -0.25) is 0 Å². The van der Waals surface area contributed by atoms with Crippen LogP contribution in [-0.4, -0.2) is 15.6 Å². The number of rotatable bonds is 4. The number of allylic oxidation sites excluding steroid dienone is 1. The third-order valence-electron chi connectivity index (χ3n) is 2.93. The summed E-state index contributed by atoms with van der Waals surface area (Å²) in [6.07, 6.45) is 6.49. The number of anilines is 1. The molecule has 1 fully saturated rings. The molecule has 1 aromatic heterocycles. The van der Waals surface area contributed by atoms with Crippen LogP contribution in [-0.2, 0) is 6.54 Å². The largest absolute Gasteiger partial charge is 0.353 e. The number of nitrogens with one attached hydrogen (secondary N) is 1. The molecular weight excluding hydrogens is 186 g/mol. The normalized spacial score (nSPS) is 24.7. The van der Waals surface area contributed by atoms with Gasteiger partial charge in [0, 0.05) is 18.8 Å². The Morgan fingerprint density at radius 3 is 3.00 bits per heavy atom. The standard InChI is InChI=1S/C12H19N3/c1-4-5-15-8-10(3)13-12(15)14-11-6-9(2)7-11/h4,8-9,11H,1,5-7H2,2-3H3,(H,13,14). The van der Waals surface area contributed by atoms with E-state index < -0.39 is 0 Å². The summed E-state index contributed by atoms with van der Waals surface area (Å²) in [6.45, 7) is 8.89. The molecule has 1 aliphatic rings. The van der Waals surface area contributed by atoms with Crippen LogP contribution in [0.3, 0.4) is 0 Å². The van der Waals surface area contributed by atoms with E-state index in [1.165, 1.54) is 12.8 Å². The molecule has 82 valence electrons. The van der Waals surface area contributed by atoms with Gasteiger partial charge in [0.1, 0.15) is 0 Å². The lowest BCUT2D eigenvalue weighted by molar-refractivity contribution is 0.307. The topological polar surface area (TPSA) is 29.9 Å². The predicted molar refractivity (Wildman–Crippen MR) is 63.0 cm³/mol. The van der Waals surface area contributed by atoms with Crippen molar-refractivity contribution >= 4 is 5.95 Å². The van der Waals surface area contributed by atoms with Gasteiger partial charge in [-0.2, -0.15) is 0 Å². The van der Waals surface area contributed by atoms with Gasteiger partial charge in [-0.25, -0.2) is 4.98 Å². The molecule has 0 saturated heterocycles. The fraction of sp³-hybridized carbons (Fsp3) is 0.583. The Balaban J connectivity index is 2.02. The minimum Gasteiger partial charge on any atom is -0.353 e. The van der Waals surface area contributed by atoms with Gasteiger partial charge < -0.3 is 9.88 Å². The first kappa shape index (κ1) is 10.3. The summed E-state index contributed by atoms with van der Waals surface area (Å²) >= 11 is 0. The Bertz CT molecular complexity index is 348. The van der Waals surface area contributed by atoms with E-state index >= 15 is 0 Å². The summed E-state index contributed by atoms with van der Waals surface area (Å²) in [4.78, 5) is 4.48. The molecule has 2 rings (SSSR count). The van der Waals surface area contributed by atoms with Crippen LogP contribution in [0.4, 0.5) is 5.95 Å². The maximum absolute atomic E-state index is 4.48. The summed E-state index contributed by atoms with van der Waals surface area (Å²) in [7, 11) is 0. The lowest BCUT2D eigenvalue weighted by Crippen LogP contribution is -2.34. The Morgan fingerprint density at radius 1 is 1.67 bits per heavy atom. The van der Waals surface area contributed by atoms with Gasteiger partial charge in [0.15, 0.2) is 0 Å². The minimum absolute atomic E-state index is 0.616. The number of nitrogens with zero attached hydrogens (tertiary/aromatic N) is 2. The molecule has 3 nitrogen and oxygen atoms in total. The van der Waals surface area contributed by atoms with Gasteiger partial charge in [0.05, 0.1) is 5.69 Å². The molecule has 0 bridgehead atoms. The molecule has 1 saturated carbocycles. The van der Waals surface area contributed by atoms with E-state index in [1.807, 2.05) is 13.0 Å². The SMILES string of the molecule is C=CCn1cc(C)nc1NC1CC(C)C1. The van der Waals surface area contributed by atoms with Crippen LogP contribution < -0.4 is 5.32 Å². The molecule has 0 spiro atoms. The second kappa shape index (κ2) is 4.09. The first-order chi connectivity index (χ1) is 7.19. The fourth-order valence-corrected chi connectivity index (χ4v) is 2.14. The predicted octanol–water partition coefficient (Wildman–Crippen LogP) is 2.59. The summed E-state index contributed by atoms with van der Waals surface area (Å²) in [5.41, 5.74) is 1.06. The Morgan fingerprint density at radius 2 is 2.40 bits per heavy atom. The third kappa shape index (κ3) is 2.22. The number of imidazole rings is 1. The fourth-order valence-electron chi connectivity index (χ4n) is 2.14. The maximum Gasteiger partial charge on any atom is 0.203 e. The van der Waals surface area contributed by atoms with Crippen LogP contribution >= 0.6 is 0 Å². The van der Waals surface area contributed by atoms with Gasteiger partial charge in [0.25, 0.3) is 0 Å². The van der Waals surface area contributed by atoms with Gasteiger partial charge >= 0.3 is 0 Å². The van der Waals surface area contributed by atoms with Crippen molar-refractivity contribution in [2.75, 3.05) is 5.32 Å². The number of aryl methyl sites for hydroxylation is 1. The second-order valence-electron chi connectivity index (χ2n) is 4.56. The molecule has 1 heterocycles. The zero-order valence-corrected chi connectivity index (χ0v) is 9.53. The lowest BCUT2D eigenvalue weighted by Gasteiger charge is -2.33. The van der Waals surface area contributed by atoms with E-state index in [-0.39, 0.29) is 0 Å². The Hall–Kier alpha value is -1.25.